The van der Waals surface area contributed by atoms with Crippen molar-refractivity contribution >= 4 is 11.6 Å². The van der Waals surface area contributed by atoms with Crippen molar-refractivity contribution in [3.05, 3.63) is 29.8 Å². The molecule has 1 aliphatic heterocycles. The molecule has 2 rings (SSSR count). The zero-order valence-electron chi connectivity index (χ0n) is 14.4. The van der Waals surface area contributed by atoms with E-state index in [0.29, 0.717) is 6.42 Å². The number of carbonyl (C=O) groups excluding carboxylic acids is 1. The molecule has 0 unspecified atom stereocenters. The lowest BCUT2D eigenvalue weighted by molar-refractivity contribution is -0.121. The fourth-order valence-electron chi connectivity index (χ4n) is 2.66. The van der Waals surface area contributed by atoms with Gasteiger partial charge in [-0.2, -0.15) is 0 Å². The van der Waals surface area contributed by atoms with Crippen LogP contribution in [0.15, 0.2) is 24.3 Å². The van der Waals surface area contributed by atoms with E-state index in [1.165, 1.54) is 11.3 Å². The Morgan fingerprint density at radius 3 is 2.57 bits per heavy atom. The van der Waals surface area contributed by atoms with Gasteiger partial charge < -0.3 is 19.9 Å². The topological polar surface area (TPSA) is 44.8 Å². The minimum atomic E-state index is 0.140. The highest BCUT2D eigenvalue weighted by Gasteiger charge is 2.10. The highest BCUT2D eigenvalue weighted by atomic mass is 16.5. The molecule has 1 heterocycles. The van der Waals surface area contributed by atoms with Crippen molar-refractivity contribution in [2.24, 2.45) is 0 Å². The Hall–Kier alpha value is -1.59. The number of nitrogens with zero attached hydrogens (tertiary/aromatic N) is 2. The molecule has 0 aromatic heterocycles. The van der Waals surface area contributed by atoms with Gasteiger partial charge in [-0.15, -0.1) is 0 Å². The van der Waals surface area contributed by atoms with Crippen LogP contribution in [0.25, 0.3) is 0 Å². The second-order valence-corrected chi connectivity index (χ2v) is 6.27. The van der Waals surface area contributed by atoms with Gasteiger partial charge in [-0.3, -0.25) is 4.79 Å². The van der Waals surface area contributed by atoms with Gasteiger partial charge in [0.2, 0.25) is 5.91 Å². The minimum absolute atomic E-state index is 0.140. The van der Waals surface area contributed by atoms with Gasteiger partial charge in [0.15, 0.2) is 0 Å². The molecule has 23 heavy (non-hydrogen) atoms. The molecule has 0 saturated carbocycles. The Kier molecular flexibility index (Phi) is 7.36. The molecular weight excluding hydrogens is 290 g/mol. The van der Waals surface area contributed by atoms with Crippen molar-refractivity contribution in [3.8, 4) is 0 Å². The van der Waals surface area contributed by atoms with Crippen LogP contribution in [0.1, 0.15) is 18.4 Å². The van der Waals surface area contributed by atoms with Crippen LogP contribution in [0.3, 0.4) is 0 Å². The number of amides is 1. The number of nitrogens with one attached hydrogen (secondary N) is 1. The Morgan fingerprint density at radius 2 is 1.91 bits per heavy atom. The van der Waals surface area contributed by atoms with E-state index in [2.05, 4.69) is 39.4 Å². The van der Waals surface area contributed by atoms with Crippen LogP contribution < -0.4 is 10.2 Å². The predicted octanol–water partition coefficient (Wildman–Crippen LogP) is 1.52. The first kappa shape index (κ1) is 17.8. The number of benzene rings is 1. The summed E-state index contributed by atoms with van der Waals surface area (Å²) in [5.41, 5.74) is 2.45. The molecule has 1 fully saturated rings. The Morgan fingerprint density at radius 1 is 1.22 bits per heavy atom. The molecule has 1 N–H and O–H groups in total. The van der Waals surface area contributed by atoms with Crippen LogP contribution in [0, 0.1) is 0 Å². The summed E-state index contributed by atoms with van der Waals surface area (Å²) in [6.45, 7) is 5.27. The van der Waals surface area contributed by atoms with Crippen LogP contribution in [-0.2, 0) is 16.0 Å². The second kappa shape index (κ2) is 9.53. The molecule has 5 heteroatoms. The SMILES string of the molecule is CN(C)CCCNC(=O)CCc1ccc(N2CCOCC2)cc1. The highest BCUT2D eigenvalue weighted by Crippen LogP contribution is 2.17. The van der Waals surface area contributed by atoms with E-state index in [1.54, 1.807) is 0 Å². The van der Waals surface area contributed by atoms with Crippen LogP contribution in [0.5, 0.6) is 0 Å². The van der Waals surface area contributed by atoms with Crippen molar-refractivity contribution < 1.29 is 9.53 Å². The number of hydrogen-bond donors (Lipinski definition) is 1. The number of morpholine rings is 1. The van der Waals surface area contributed by atoms with Gasteiger partial charge in [0.25, 0.3) is 0 Å². The van der Waals surface area contributed by atoms with E-state index in [0.717, 1.165) is 52.2 Å². The standard InChI is InChI=1S/C18H29N3O2/c1-20(2)11-3-10-19-18(22)9-6-16-4-7-17(8-5-16)21-12-14-23-15-13-21/h4-5,7-8H,3,6,9-15H2,1-2H3,(H,19,22). The molecule has 128 valence electrons. The van der Waals surface area contributed by atoms with Gasteiger partial charge in [-0.1, -0.05) is 12.1 Å². The monoisotopic (exact) mass is 319 g/mol. The maximum absolute atomic E-state index is 11.8. The summed E-state index contributed by atoms with van der Waals surface area (Å²) in [6, 6.07) is 8.56. The average molecular weight is 319 g/mol. The minimum Gasteiger partial charge on any atom is -0.378 e. The van der Waals surface area contributed by atoms with Crippen molar-refractivity contribution in [3.63, 3.8) is 0 Å². The summed E-state index contributed by atoms with van der Waals surface area (Å²) in [7, 11) is 4.09. The van der Waals surface area contributed by atoms with Gasteiger partial charge in [-0.25, -0.2) is 0 Å². The highest BCUT2D eigenvalue weighted by molar-refractivity contribution is 5.76. The molecule has 0 aliphatic carbocycles. The molecule has 0 bridgehead atoms. The first-order valence-electron chi connectivity index (χ1n) is 8.48. The lowest BCUT2D eigenvalue weighted by atomic mass is 10.1. The van der Waals surface area contributed by atoms with Crippen LogP contribution in [0.4, 0.5) is 5.69 Å². The molecule has 1 aliphatic rings. The first-order chi connectivity index (χ1) is 11.1. The molecular formula is C18H29N3O2. The fourth-order valence-corrected chi connectivity index (χ4v) is 2.66. The summed E-state index contributed by atoms with van der Waals surface area (Å²) < 4.78 is 5.37. The lowest BCUT2D eigenvalue weighted by Gasteiger charge is -2.28. The van der Waals surface area contributed by atoms with Gasteiger partial charge in [-0.05, 0) is 51.2 Å². The van der Waals surface area contributed by atoms with E-state index in [-0.39, 0.29) is 5.91 Å². The van der Waals surface area contributed by atoms with Crippen LogP contribution in [-0.4, -0.2) is 64.3 Å². The maximum atomic E-state index is 11.8. The van der Waals surface area contributed by atoms with Gasteiger partial charge in [0.05, 0.1) is 13.2 Å². The normalized spacial score (nSPS) is 15.0. The van der Waals surface area contributed by atoms with Gasteiger partial charge in [0.1, 0.15) is 0 Å². The predicted molar refractivity (Wildman–Crippen MR) is 94.0 cm³/mol. The van der Waals surface area contributed by atoms with Crippen LogP contribution >= 0.6 is 0 Å². The smallest absolute Gasteiger partial charge is 0.220 e. The van der Waals surface area contributed by atoms with Gasteiger partial charge in [0, 0.05) is 31.7 Å². The number of anilines is 1. The zero-order valence-corrected chi connectivity index (χ0v) is 14.4. The van der Waals surface area contributed by atoms with E-state index < -0.39 is 0 Å². The van der Waals surface area contributed by atoms with E-state index in [9.17, 15) is 4.79 Å². The quantitative estimate of drug-likeness (QED) is 0.738. The fraction of sp³-hybridized carbons (Fsp3) is 0.611. The molecule has 0 atom stereocenters. The van der Waals surface area contributed by atoms with E-state index in [4.69, 9.17) is 4.74 Å². The third kappa shape index (κ3) is 6.59. The lowest BCUT2D eigenvalue weighted by Crippen LogP contribution is -2.36. The Bertz CT molecular complexity index is 468. The second-order valence-electron chi connectivity index (χ2n) is 6.27. The number of hydrogen-bond acceptors (Lipinski definition) is 4. The third-order valence-corrected chi connectivity index (χ3v) is 4.06. The van der Waals surface area contributed by atoms with E-state index >= 15 is 0 Å². The maximum Gasteiger partial charge on any atom is 0.220 e. The first-order valence-corrected chi connectivity index (χ1v) is 8.48. The number of carbonyl (C=O) groups is 1. The van der Waals surface area contributed by atoms with Gasteiger partial charge >= 0.3 is 0 Å². The van der Waals surface area contributed by atoms with Crippen molar-refractivity contribution in [2.75, 3.05) is 58.4 Å². The third-order valence-electron chi connectivity index (χ3n) is 4.06. The average Bonchev–Trinajstić information content (AvgIpc) is 2.58. The summed E-state index contributed by atoms with van der Waals surface area (Å²) in [6.07, 6.45) is 2.34. The van der Waals surface area contributed by atoms with E-state index in [1.807, 2.05) is 14.1 Å². The molecule has 1 saturated heterocycles. The molecule has 1 amide bonds. The molecule has 1 aromatic carbocycles. The summed E-state index contributed by atoms with van der Waals surface area (Å²) in [5, 5.41) is 2.98. The van der Waals surface area contributed by atoms with Crippen molar-refractivity contribution in [1.29, 1.82) is 0 Å². The molecule has 0 radical (unpaired) electrons. The Balaban J connectivity index is 1.68. The number of rotatable bonds is 8. The van der Waals surface area contributed by atoms with Crippen LogP contribution in [0.2, 0.25) is 0 Å². The molecule has 0 spiro atoms. The largest absolute Gasteiger partial charge is 0.378 e. The van der Waals surface area contributed by atoms with Crippen molar-refractivity contribution in [2.45, 2.75) is 19.3 Å². The summed E-state index contributed by atoms with van der Waals surface area (Å²) in [4.78, 5) is 16.3. The zero-order chi connectivity index (χ0) is 16.5. The molecule has 1 aromatic rings. The number of aryl methyl sites for hydroxylation is 1. The number of ether oxygens (including phenoxy) is 1. The summed E-state index contributed by atoms with van der Waals surface area (Å²) >= 11 is 0. The summed E-state index contributed by atoms with van der Waals surface area (Å²) in [5.74, 6) is 0.140. The Labute approximate surface area is 139 Å². The molecule has 5 nitrogen and oxygen atoms in total. The van der Waals surface area contributed by atoms with Crippen molar-refractivity contribution in [1.82, 2.24) is 10.2 Å².